The summed E-state index contributed by atoms with van der Waals surface area (Å²) in [5.41, 5.74) is 1.01. The Labute approximate surface area is 168 Å². The molecule has 6 heteroatoms. The van der Waals surface area contributed by atoms with Crippen molar-refractivity contribution in [1.82, 2.24) is 9.88 Å². The molecule has 1 aromatic heterocycles. The van der Waals surface area contributed by atoms with Crippen molar-refractivity contribution in [2.24, 2.45) is 0 Å². The lowest BCUT2D eigenvalue weighted by Crippen LogP contribution is -2.31. The van der Waals surface area contributed by atoms with Gasteiger partial charge in [0.05, 0.1) is 23.7 Å². The molecule has 0 radical (unpaired) electrons. The molecular formula is C23H19N3O3. The molecule has 4 rings (SSSR count). The molecule has 0 N–H and O–H groups in total. The van der Waals surface area contributed by atoms with Crippen molar-refractivity contribution in [2.75, 3.05) is 13.1 Å². The zero-order valence-corrected chi connectivity index (χ0v) is 15.7. The Kier molecular flexibility index (Phi) is 5.39. The van der Waals surface area contributed by atoms with Crippen molar-refractivity contribution in [1.29, 1.82) is 5.26 Å². The number of hydrogen-bond acceptors (Lipinski definition) is 5. The molecule has 2 heterocycles. The van der Waals surface area contributed by atoms with E-state index in [1.54, 1.807) is 35.4 Å². The number of hydrogen-bond donors (Lipinski definition) is 0. The minimum atomic E-state index is -0.164. The van der Waals surface area contributed by atoms with Crippen molar-refractivity contribution < 1.29 is 14.3 Å². The first kappa shape index (κ1) is 18.5. The second kappa shape index (κ2) is 8.44. The zero-order chi connectivity index (χ0) is 20.1. The Morgan fingerprint density at radius 2 is 1.90 bits per heavy atom. The van der Waals surface area contributed by atoms with Gasteiger partial charge in [-0.2, -0.15) is 5.26 Å². The Balaban J connectivity index is 1.45. The predicted octanol–water partition coefficient (Wildman–Crippen LogP) is 4.04. The number of pyridine rings is 1. The summed E-state index contributed by atoms with van der Waals surface area (Å²) in [6, 6.07) is 21.9. The molecule has 1 fully saturated rings. The van der Waals surface area contributed by atoms with Crippen LogP contribution in [-0.4, -0.2) is 35.0 Å². The molecule has 1 atom stereocenters. The second-order valence-corrected chi connectivity index (χ2v) is 6.69. The smallest absolute Gasteiger partial charge is 0.257 e. The number of para-hydroxylation sites is 2. The van der Waals surface area contributed by atoms with Gasteiger partial charge in [0.1, 0.15) is 17.6 Å². The number of ether oxygens (including phenoxy) is 2. The molecule has 2 aromatic carbocycles. The van der Waals surface area contributed by atoms with Gasteiger partial charge in [0.15, 0.2) is 0 Å². The Hall–Kier alpha value is -3.85. The topological polar surface area (TPSA) is 75.5 Å². The van der Waals surface area contributed by atoms with E-state index in [0.29, 0.717) is 48.0 Å². The van der Waals surface area contributed by atoms with E-state index >= 15 is 0 Å². The van der Waals surface area contributed by atoms with Gasteiger partial charge in [-0.3, -0.25) is 4.79 Å². The van der Waals surface area contributed by atoms with E-state index in [0.717, 1.165) is 0 Å². The summed E-state index contributed by atoms with van der Waals surface area (Å²) in [7, 11) is 0. The summed E-state index contributed by atoms with van der Waals surface area (Å²) < 4.78 is 11.8. The van der Waals surface area contributed by atoms with Crippen LogP contribution >= 0.6 is 0 Å². The molecule has 29 heavy (non-hydrogen) atoms. The highest BCUT2D eigenvalue weighted by atomic mass is 16.5. The van der Waals surface area contributed by atoms with Crippen molar-refractivity contribution >= 4 is 5.91 Å². The van der Waals surface area contributed by atoms with Crippen LogP contribution in [0.5, 0.6) is 17.4 Å². The quantitative estimate of drug-likeness (QED) is 0.663. The molecule has 0 spiro atoms. The van der Waals surface area contributed by atoms with Gasteiger partial charge in [0.2, 0.25) is 5.88 Å². The van der Waals surface area contributed by atoms with Crippen LogP contribution in [0.25, 0.3) is 0 Å². The molecule has 0 aliphatic carbocycles. The van der Waals surface area contributed by atoms with E-state index in [9.17, 15) is 4.79 Å². The maximum atomic E-state index is 13.1. The summed E-state index contributed by atoms with van der Waals surface area (Å²) in [5, 5.41) is 9.00. The van der Waals surface area contributed by atoms with Gasteiger partial charge in [-0.1, -0.05) is 30.3 Å². The number of likely N-dealkylation sites (tertiary alicyclic amines) is 1. The van der Waals surface area contributed by atoms with Crippen molar-refractivity contribution in [3.63, 3.8) is 0 Å². The molecule has 1 aliphatic rings. The van der Waals surface area contributed by atoms with E-state index in [1.807, 2.05) is 42.5 Å². The minimum Gasteiger partial charge on any atom is -0.472 e. The van der Waals surface area contributed by atoms with Crippen LogP contribution in [-0.2, 0) is 0 Å². The zero-order valence-electron chi connectivity index (χ0n) is 15.7. The number of nitriles is 1. The number of rotatable bonds is 5. The van der Waals surface area contributed by atoms with Gasteiger partial charge in [-0.15, -0.1) is 0 Å². The van der Waals surface area contributed by atoms with E-state index < -0.39 is 0 Å². The largest absolute Gasteiger partial charge is 0.472 e. The first-order valence-electron chi connectivity index (χ1n) is 9.37. The number of benzene rings is 2. The van der Waals surface area contributed by atoms with Gasteiger partial charge in [-0.05, 0) is 30.3 Å². The fourth-order valence-electron chi connectivity index (χ4n) is 3.24. The third-order valence-corrected chi connectivity index (χ3v) is 4.67. The highest BCUT2D eigenvalue weighted by Crippen LogP contribution is 2.27. The number of amides is 1. The van der Waals surface area contributed by atoms with E-state index in [4.69, 9.17) is 14.7 Å². The molecule has 144 valence electrons. The summed E-state index contributed by atoms with van der Waals surface area (Å²) in [6.07, 6.45) is 2.08. The summed E-state index contributed by atoms with van der Waals surface area (Å²) in [6.45, 7) is 1.04. The number of carbonyl (C=O) groups excluding carboxylic acids is 1. The third-order valence-electron chi connectivity index (χ3n) is 4.67. The summed E-state index contributed by atoms with van der Waals surface area (Å²) >= 11 is 0. The molecule has 0 bridgehead atoms. The summed E-state index contributed by atoms with van der Waals surface area (Å²) in [4.78, 5) is 19.0. The van der Waals surface area contributed by atoms with Crippen molar-refractivity contribution in [2.45, 2.75) is 12.5 Å². The fraction of sp³-hybridized carbons (Fsp3) is 0.174. The average Bonchev–Trinajstić information content (AvgIpc) is 3.23. The van der Waals surface area contributed by atoms with E-state index in [1.165, 1.54) is 0 Å². The molecule has 1 aliphatic heterocycles. The van der Waals surface area contributed by atoms with Gasteiger partial charge in [0.25, 0.3) is 5.91 Å². The second-order valence-electron chi connectivity index (χ2n) is 6.69. The fourth-order valence-corrected chi connectivity index (χ4v) is 3.24. The van der Waals surface area contributed by atoms with Crippen molar-refractivity contribution in [3.05, 3.63) is 84.1 Å². The van der Waals surface area contributed by atoms with Gasteiger partial charge >= 0.3 is 0 Å². The monoisotopic (exact) mass is 385 g/mol. The minimum absolute atomic E-state index is 0.0960. The summed E-state index contributed by atoms with van der Waals surface area (Å²) in [5.74, 6) is 1.51. The lowest BCUT2D eigenvalue weighted by atomic mass is 10.1. The van der Waals surface area contributed by atoms with Crippen LogP contribution in [0, 0.1) is 11.3 Å². The average molecular weight is 385 g/mol. The van der Waals surface area contributed by atoms with E-state index in [-0.39, 0.29) is 12.0 Å². The highest BCUT2D eigenvalue weighted by molar-refractivity contribution is 5.97. The van der Waals surface area contributed by atoms with Crippen molar-refractivity contribution in [3.8, 4) is 23.4 Å². The highest BCUT2D eigenvalue weighted by Gasteiger charge is 2.30. The molecule has 1 unspecified atom stereocenters. The Bertz CT molecular complexity index is 1050. The van der Waals surface area contributed by atoms with Gasteiger partial charge < -0.3 is 14.4 Å². The number of carbonyl (C=O) groups is 1. The maximum absolute atomic E-state index is 13.1. The predicted molar refractivity (Wildman–Crippen MR) is 107 cm³/mol. The van der Waals surface area contributed by atoms with E-state index in [2.05, 4.69) is 11.1 Å². The van der Waals surface area contributed by atoms with Crippen LogP contribution in [0.4, 0.5) is 0 Å². The molecular weight excluding hydrogens is 366 g/mol. The van der Waals surface area contributed by atoms with Crippen LogP contribution in [0.1, 0.15) is 22.3 Å². The SMILES string of the molecule is N#Cc1ccnc(OC2CCN(C(=O)c3ccccc3Oc3ccccc3)C2)c1. The first-order valence-corrected chi connectivity index (χ1v) is 9.37. The molecule has 0 saturated carbocycles. The number of aromatic nitrogens is 1. The van der Waals surface area contributed by atoms with Crippen LogP contribution in [0.3, 0.4) is 0 Å². The standard InChI is InChI=1S/C23H19N3O3/c24-15-17-10-12-25-22(14-17)29-19-11-13-26(16-19)23(27)20-8-4-5-9-21(20)28-18-6-2-1-3-7-18/h1-10,12,14,19H,11,13,16H2. The molecule has 3 aromatic rings. The maximum Gasteiger partial charge on any atom is 0.257 e. The number of nitrogens with zero attached hydrogens (tertiary/aromatic N) is 3. The van der Waals surface area contributed by atoms with Gasteiger partial charge in [0, 0.05) is 25.2 Å². The third kappa shape index (κ3) is 4.36. The van der Waals surface area contributed by atoms with Gasteiger partial charge in [-0.25, -0.2) is 4.98 Å². The lowest BCUT2D eigenvalue weighted by molar-refractivity contribution is 0.0768. The normalized spacial score (nSPS) is 15.6. The first-order chi connectivity index (χ1) is 14.2. The molecule has 6 nitrogen and oxygen atoms in total. The van der Waals surface area contributed by atoms with Crippen LogP contribution < -0.4 is 9.47 Å². The molecule has 1 amide bonds. The Morgan fingerprint density at radius 3 is 2.72 bits per heavy atom. The Morgan fingerprint density at radius 1 is 1.10 bits per heavy atom. The van der Waals surface area contributed by atoms with Crippen LogP contribution in [0.2, 0.25) is 0 Å². The molecule has 1 saturated heterocycles. The van der Waals surface area contributed by atoms with Crippen LogP contribution in [0.15, 0.2) is 72.9 Å². The lowest BCUT2D eigenvalue weighted by Gasteiger charge is -2.19.